The topological polar surface area (TPSA) is 93.2 Å². The molecule has 1 rings (SSSR count). The molecule has 0 aliphatic heterocycles. The van der Waals surface area contributed by atoms with Crippen LogP contribution in [0.3, 0.4) is 0 Å². The molecule has 0 radical (unpaired) electrons. The largest absolute Gasteiger partial charge is 0.490 e. The molecule has 0 unspecified atom stereocenters. The van der Waals surface area contributed by atoms with E-state index in [0.717, 1.165) is 23.5 Å². The minimum absolute atomic E-state index is 0. The molecule has 172 valence electrons. The molecule has 1 aromatic carbocycles. The Balaban J connectivity index is 0.00000841. The third-order valence-corrected chi connectivity index (χ3v) is 3.62. The van der Waals surface area contributed by atoms with Crippen LogP contribution in [0.1, 0.15) is 40.2 Å². The zero-order valence-corrected chi connectivity index (χ0v) is 21.3. The molecule has 0 aliphatic carbocycles. The molecule has 3 N–H and O–H groups in total. The standard InChI is InChI=1S/C21H36N4O4.HI/c1-7-27-17-10-9-16(15-18(17)28-8-2)11-12-23-19(22-6)24-13-14-25-20(26)29-21(3,4)5;/h9-10,15H,7-8,11-14H2,1-6H3,(H,25,26)(H2,22,23,24);1H. The van der Waals surface area contributed by atoms with Gasteiger partial charge in [0.05, 0.1) is 13.2 Å². The second kappa shape index (κ2) is 15.0. The molecule has 0 aliphatic rings. The number of aliphatic imine (C=N–C) groups is 1. The van der Waals surface area contributed by atoms with Gasteiger partial charge in [0, 0.05) is 26.7 Å². The van der Waals surface area contributed by atoms with Gasteiger partial charge in [-0.1, -0.05) is 6.07 Å². The summed E-state index contributed by atoms with van der Waals surface area (Å²) in [5.41, 5.74) is 0.643. The number of hydrogen-bond donors (Lipinski definition) is 3. The summed E-state index contributed by atoms with van der Waals surface area (Å²) in [6.45, 7) is 12.3. The zero-order chi connectivity index (χ0) is 21.7. The van der Waals surface area contributed by atoms with Crippen molar-refractivity contribution in [2.24, 2.45) is 4.99 Å². The van der Waals surface area contributed by atoms with Gasteiger partial charge in [-0.15, -0.1) is 24.0 Å². The van der Waals surface area contributed by atoms with Crippen LogP contribution in [0.15, 0.2) is 23.2 Å². The molecule has 0 spiro atoms. The molecular formula is C21H37IN4O4. The summed E-state index contributed by atoms with van der Waals surface area (Å²) in [6, 6.07) is 5.99. The average molecular weight is 536 g/mol. The van der Waals surface area contributed by atoms with E-state index < -0.39 is 11.7 Å². The quantitative estimate of drug-likeness (QED) is 0.184. The van der Waals surface area contributed by atoms with Gasteiger partial charge < -0.3 is 30.2 Å². The van der Waals surface area contributed by atoms with Crippen LogP contribution in [0.2, 0.25) is 0 Å². The van der Waals surface area contributed by atoms with E-state index in [1.165, 1.54) is 0 Å². The molecule has 1 aromatic rings. The molecule has 0 heterocycles. The molecular weight excluding hydrogens is 499 g/mol. The zero-order valence-electron chi connectivity index (χ0n) is 19.0. The lowest BCUT2D eigenvalue weighted by Crippen LogP contribution is -2.42. The van der Waals surface area contributed by atoms with Gasteiger partial charge in [0.25, 0.3) is 0 Å². The van der Waals surface area contributed by atoms with Crippen molar-refractivity contribution >= 4 is 36.0 Å². The van der Waals surface area contributed by atoms with Gasteiger partial charge in [-0.05, 0) is 58.7 Å². The van der Waals surface area contributed by atoms with Gasteiger partial charge in [0.15, 0.2) is 17.5 Å². The number of benzene rings is 1. The number of hydrogen-bond acceptors (Lipinski definition) is 5. The van der Waals surface area contributed by atoms with Crippen molar-refractivity contribution in [1.82, 2.24) is 16.0 Å². The van der Waals surface area contributed by atoms with Gasteiger partial charge in [-0.2, -0.15) is 0 Å². The van der Waals surface area contributed by atoms with Crippen LogP contribution in [0, 0.1) is 0 Å². The van der Waals surface area contributed by atoms with Crippen LogP contribution in [0.4, 0.5) is 4.79 Å². The number of ether oxygens (including phenoxy) is 3. The maximum absolute atomic E-state index is 11.6. The summed E-state index contributed by atoms with van der Waals surface area (Å²) in [5.74, 6) is 2.20. The molecule has 1 amide bonds. The number of alkyl carbamates (subject to hydrolysis) is 1. The Labute approximate surface area is 197 Å². The number of nitrogens with one attached hydrogen (secondary N) is 3. The Hall–Kier alpha value is -1.91. The first-order valence-corrected chi connectivity index (χ1v) is 10.1. The van der Waals surface area contributed by atoms with Crippen LogP contribution < -0.4 is 25.4 Å². The fraction of sp³-hybridized carbons (Fsp3) is 0.619. The normalized spacial score (nSPS) is 11.2. The molecule has 9 heteroatoms. The Morgan fingerprint density at radius 3 is 2.17 bits per heavy atom. The van der Waals surface area contributed by atoms with E-state index in [0.29, 0.717) is 38.8 Å². The summed E-state index contributed by atoms with van der Waals surface area (Å²) in [5, 5.41) is 9.12. The van der Waals surface area contributed by atoms with Crippen molar-refractivity contribution in [1.29, 1.82) is 0 Å². The van der Waals surface area contributed by atoms with E-state index in [4.69, 9.17) is 14.2 Å². The highest BCUT2D eigenvalue weighted by Gasteiger charge is 2.15. The van der Waals surface area contributed by atoms with Gasteiger partial charge in [-0.25, -0.2) is 4.79 Å². The van der Waals surface area contributed by atoms with Gasteiger partial charge >= 0.3 is 6.09 Å². The number of carbonyl (C=O) groups excluding carboxylic acids is 1. The molecule has 30 heavy (non-hydrogen) atoms. The van der Waals surface area contributed by atoms with Crippen molar-refractivity contribution in [3.05, 3.63) is 23.8 Å². The van der Waals surface area contributed by atoms with Crippen LogP contribution in [0.5, 0.6) is 11.5 Å². The van der Waals surface area contributed by atoms with Gasteiger partial charge in [-0.3, -0.25) is 4.99 Å². The fourth-order valence-corrected chi connectivity index (χ4v) is 2.46. The van der Waals surface area contributed by atoms with Crippen LogP contribution in [-0.4, -0.2) is 57.5 Å². The number of guanidine groups is 1. The summed E-state index contributed by atoms with van der Waals surface area (Å²) in [4.78, 5) is 15.8. The van der Waals surface area contributed by atoms with Crippen LogP contribution >= 0.6 is 24.0 Å². The first kappa shape index (κ1) is 28.1. The smallest absolute Gasteiger partial charge is 0.407 e. The minimum atomic E-state index is -0.502. The minimum Gasteiger partial charge on any atom is -0.490 e. The van der Waals surface area contributed by atoms with Crippen molar-refractivity contribution in [3.8, 4) is 11.5 Å². The van der Waals surface area contributed by atoms with E-state index in [-0.39, 0.29) is 24.0 Å². The lowest BCUT2D eigenvalue weighted by molar-refractivity contribution is 0.0529. The molecule has 8 nitrogen and oxygen atoms in total. The van der Waals surface area contributed by atoms with Crippen molar-refractivity contribution < 1.29 is 19.0 Å². The van der Waals surface area contributed by atoms with E-state index in [1.807, 2.05) is 52.8 Å². The molecule has 0 aromatic heterocycles. The van der Waals surface area contributed by atoms with E-state index in [9.17, 15) is 4.79 Å². The first-order valence-electron chi connectivity index (χ1n) is 10.1. The first-order chi connectivity index (χ1) is 13.8. The lowest BCUT2D eigenvalue weighted by atomic mass is 10.1. The third-order valence-electron chi connectivity index (χ3n) is 3.62. The lowest BCUT2D eigenvalue weighted by Gasteiger charge is -2.20. The highest BCUT2D eigenvalue weighted by Crippen LogP contribution is 2.28. The van der Waals surface area contributed by atoms with Crippen LogP contribution in [0.25, 0.3) is 0 Å². The number of carbonyl (C=O) groups is 1. The highest BCUT2D eigenvalue weighted by atomic mass is 127. The Bertz CT molecular complexity index is 663. The number of rotatable bonds is 10. The molecule has 0 bridgehead atoms. The Morgan fingerprint density at radius 2 is 1.57 bits per heavy atom. The second-order valence-corrected chi connectivity index (χ2v) is 7.25. The third kappa shape index (κ3) is 11.9. The van der Waals surface area contributed by atoms with E-state index in [1.54, 1.807) is 7.05 Å². The van der Waals surface area contributed by atoms with Crippen molar-refractivity contribution in [2.45, 2.75) is 46.6 Å². The molecule has 0 saturated carbocycles. The second-order valence-electron chi connectivity index (χ2n) is 7.25. The van der Waals surface area contributed by atoms with Crippen molar-refractivity contribution in [2.75, 3.05) is 39.9 Å². The predicted octanol–water partition coefficient (Wildman–Crippen LogP) is 3.33. The number of amides is 1. The van der Waals surface area contributed by atoms with E-state index >= 15 is 0 Å². The maximum atomic E-state index is 11.6. The van der Waals surface area contributed by atoms with Gasteiger partial charge in [0.1, 0.15) is 5.60 Å². The van der Waals surface area contributed by atoms with Crippen LogP contribution in [-0.2, 0) is 11.2 Å². The van der Waals surface area contributed by atoms with E-state index in [2.05, 4.69) is 20.9 Å². The fourth-order valence-electron chi connectivity index (χ4n) is 2.46. The monoisotopic (exact) mass is 536 g/mol. The summed E-state index contributed by atoms with van der Waals surface area (Å²) >= 11 is 0. The van der Waals surface area contributed by atoms with Crippen molar-refractivity contribution in [3.63, 3.8) is 0 Å². The average Bonchev–Trinajstić information content (AvgIpc) is 2.64. The van der Waals surface area contributed by atoms with Gasteiger partial charge in [0.2, 0.25) is 0 Å². The molecule has 0 fully saturated rings. The summed E-state index contributed by atoms with van der Waals surface area (Å²) in [6.07, 6.45) is 0.381. The molecule has 0 atom stereocenters. The Morgan fingerprint density at radius 1 is 0.967 bits per heavy atom. The SMILES string of the molecule is CCOc1ccc(CCNC(=NC)NCCNC(=O)OC(C)(C)C)cc1OCC.I. The number of halogens is 1. The Kier molecular flexibility index (Phi) is 14.0. The summed E-state index contributed by atoms with van der Waals surface area (Å²) < 4.78 is 16.5. The maximum Gasteiger partial charge on any atom is 0.407 e. The number of nitrogens with zero attached hydrogens (tertiary/aromatic N) is 1. The molecule has 0 saturated heterocycles. The highest BCUT2D eigenvalue weighted by molar-refractivity contribution is 14.0. The predicted molar refractivity (Wildman–Crippen MR) is 132 cm³/mol. The summed E-state index contributed by atoms with van der Waals surface area (Å²) in [7, 11) is 1.71.